The third kappa shape index (κ3) is 3.57. The van der Waals surface area contributed by atoms with E-state index in [2.05, 4.69) is 13.8 Å². The molecule has 3 heteroatoms. The lowest BCUT2D eigenvalue weighted by molar-refractivity contribution is -0.290. The fraction of sp³-hybridized carbons (Fsp3) is 0.562. The average Bonchev–Trinajstić information content (AvgIpc) is 2.38. The molecule has 19 heavy (non-hydrogen) atoms. The molecule has 1 aromatic carbocycles. The quantitative estimate of drug-likeness (QED) is 0.612. The van der Waals surface area contributed by atoms with Crippen LogP contribution in [-0.4, -0.2) is 12.1 Å². The second-order valence-corrected chi connectivity index (χ2v) is 5.72. The van der Waals surface area contributed by atoms with E-state index in [1.54, 1.807) is 6.07 Å². The van der Waals surface area contributed by atoms with Crippen LogP contribution in [-0.2, 0) is 9.78 Å². The summed E-state index contributed by atoms with van der Waals surface area (Å²) in [6.07, 6.45) is 3.26. The van der Waals surface area contributed by atoms with Gasteiger partial charge in [0.05, 0.1) is 5.56 Å². The lowest BCUT2D eigenvalue weighted by atomic mass is 9.81. The van der Waals surface area contributed by atoms with Crippen molar-refractivity contribution in [1.82, 2.24) is 0 Å². The summed E-state index contributed by atoms with van der Waals surface area (Å²) in [5.74, 6) is 0.777. The molecule has 0 aromatic heterocycles. The fourth-order valence-electron chi connectivity index (χ4n) is 2.73. The molecule has 3 atom stereocenters. The minimum Gasteiger partial charge on any atom is -0.293 e. The van der Waals surface area contributed by atoms with E-state index < -0.39 is 5.97 Å². The van der Waals surface area contributed by atoms with Crippen LogP contribution in [0.15, 0.2) is 24.3 Å². The van der Waals surface area contributed by atoms with Crippen LogP contribution in [0.2, 0.25) is 0 Å². The van der Waals surface area contributed by atoms with Crippen molar-refractivity contribution in [1.29, 1.82) is 0 Å². The van der Waals surface area contributed by atoms with Crippen molar-refractivity contribution in [3.63, 3.8) is 0 Å². The van der Waals surface area contributed by atoms with E-state index in [9.17, 15) is 4.79 Å². The van der Waals surface area contributed by atoms with Gasteiger partial charge in [-0.05, 0) is 49.7 Å². The van der Waals surface area contributed by atoms with E-state index in [1.807, 2.05) is 25.1 Å². The van der Waals surface area contributed by atoms with Crippen LogP contribution in [0.4, 0.5) is 0 Å². The van der Waals surface area contributed by atoms with Crippen molar-refractivity contribution in [2.45, 2.75) is 46.1 Å². The summed E-state index contributed by atoms with van der Waals surface area (Å²) in [4.78, 5) is 22.3. The first-order chi connectivity index (χ1) is 9.08. The van der Waals surface area contributed by atoms with Gasteiger partial charge in [0.25, 0.3) is 0 Å². The zero-order valence-corrected chi connectivity index (χ0v) is 11.9. The van der Waals surface area contributed by atoms with Gasteiger partial charge in [0, 0.05) is 0 Å². The molecule has 0 bridgehead atoms. The number of hydrogen-bond donors (Lipinski definition) is 0. The van der Waals surface area contributed by atoms with Crippen molar-refractivity contribution in [3.8, 4) is 0 Å². The predicted molar refractivity (Wildman–Crippen MR) is 73.6 cm³/mol. The standard InChI is InChI=1S/C16H22O3/c1-11-8-9-15(13(3)10-11)18-19-16(17)14-7-5-4-6-12(14)2/h4-7,11,13,15H,8-10H2,1-3H3. The third-order valence-corrected chi connectivity index (χ3v) is 3.97. The maximum atomic E-state index is 11.9. The van der Waals surface area contributed by atoms with Crippen molar-refractivity contribution in [2.75, 3.05) is 0 Å². The molecule has 104 valence electrons. The zero-order chi connectivity index (χ0) is 13.8. The van der Waals surface area contributed by atoms with E-state index in [-0.39, 0.29) is 6.10 Å². The second-order valence-electron chi connectivity index (χ2n) is 5.72. The van der Waals surface area contributed by atoms with Gasteiger partial charge in [0.15, 0.2) is 0 Å². The molecule has 0 amide bonds. The van der Waals surface area contributed by atoms with E-state index in [0.29, 0.717) is 11.5 Å². The summed E-state index contributed by atoms with van der Waals surface area (Å²) in [5, 5.41) is 0. The minimum atomic E-state index is -0.399. The van der Waals surface area contributed by atoms with Gasteiger partial charge in [0.1, 0.15) is 6.10 Å². The van der Waals surface area contributed by atoms with Crippen molar-refractivity contribution in [3.05, 3.63) is 35.4 Å². The normalized spacial score (nSPS) is 27.0. The Morgan fingerprint density at radius 3 is 2.63 bits per heavy atom. The number of aryl methyl sites for hydroxylation is 1. The zero-order valence-electron chi connectivity index (χ0n) is 11.9. The molecule has 1 aliphatic carbocycles. The van der Waals surface area contributed by atoms with Crippen LogP contribution >= 0.6 is 0 Å². The number of rotatable bonds is 3. The Kier molecular flexibility index (Phi) is 4.59. The molecule has 0 saturated heterocycles. The molecule has 0 spiro atoms. The summed E-state index contributed by atoms with van der Waals surface area (Å²) < 4.78 is 0. The van der Waals surface area contributed by atoms with E-state index >= 15 is 0 Å². The van der Waals surface area contributed by atoms with Crippen LogP contribution in [0.5, 0.6) is 0 Å². The Morgan fingerprint density at radius 1 is 1.21 bits per heavy atom. The highest BCUT2D eigenvalue weighted by molar-refractivity contribution is 5.90. The maximum Gasteiger partial charge on any atom is 0.373 e. The highest BCUT2D eigenvalue weighted by Crippen LogP contribution is 2.30. The number of carbonyl (C=O) groups excluding carboxylic acids is 1. The van der Waals surface area contributed by atoms with Gasteiger partial charge >= 0.3 is 5.97 Å². The summed E-state index contributed by atoms with van der Waals surface area (Å²) in [6.45, 7) is 6.30. The molecular formula is C16H22O3. The molecular weight excluding hydrogens is 240 g/mol. The molecule has 1 fully saturated rings. The van der Waals surface area contributed by atoms with E-state index in [1.165, 1.54) is 0 Å². The Labute approximate surface area is 114 Å². The Bertz CT molecular complexity index is 441. The topological polar surface area (TPSA) is 35.5 Å². The fourth-order valence-corrected chi connectivity index (χ4v) is 2.73. The Balaban J connectivity index is 1.89. The summed E-state index contributed by atoms with van der Waals surface area (Å²) in [5.41, 5.74) is 1.47. The molecule has 0 radical (unpaired) electrons. The molecule has 1 aromatic rings. The monoisotopic (exact) mass is 262 g/mol. The lowest BCUT2D eigenvalue weighted by Crippen LogP contribution is -2.30. The SMILES string of the molecule is Cc1ccccc1C(=O)OOC1CCC(C)CC1C. The summed E-state index contributed by atoms with van der Waals surface area (Å²) in [7, 11) is 0. The van der Waals surface area contributed by atoms with Gasteiger partial charge in [-0.2, -0.15) is 4.89 Å². The third-order valence-electron chi connectivity index (χ3n) is 3.97. The second kappa shape index (κ2) is 6.20. The first kappa shape index (κ1) is 14.1. The van der Waals surface area contributed by atoms with Crippen LogP contribution in [0, 0.1) is 18.8 Å². The molecule has 3 unspecified atom stereocenters. The first-order valence-electron chi connectivity index (χ1n) is 7.01. The number of hydrogen-bond acceptors (Lipinski definition) is 3. The van der Waals surface area contributed by atoms with Crippen LogP contribution in [0.3, 0.4) is 0 Å². The van der Waals surface area contributed by atoms with Crippen LogP contribution in [0.1, 0.15) is 49.0 Å². The minimum absolute atomic E-state index is 0.0316. The van der Waals surface area contributed by atoms with Crippen molar-refractivity contribution in [2.24, 2.45) is 11.8 Å². The molecule has 0 heterocycles. The van der Waals surface area contributed by atoms with Crippen molar-refractivity contribution >= 4 is 5.97 Å². The van der Waals surface area contributed by atoms with Gasteiger partial charge in [-0.15, -0.1) is 0 Å². The van der Waals surface area contributed by atoms with Crippen LogP contribution in [0.25, 0.3) is 0 Å². The van der Waals surface area contributed by atoms with Gasteiger partial charge in [0.2, 0.25) is 0 Å². The highest BCUT2D eigenvalue weighted by Gasteiger charge is 2.28. The Morgan fingerprint density at radius 2 is 1.95 bits per heavy atom. The van der Waals surface area contributed by atoms with Gasteiger partial charge < -0.3 is 0 Å². The van der Waals surface area contributed by atoms with E-state index in [4.69, 9.17) is 9.78 Å². The molecule has 0 N–H and O–H groups in total. The summed E-state index contributed by atoms with van der Waals surface area (Å²) in [6, 6.07) is 7.38. The van der Waals surface area contributed by atoms with Gasteiger partial charge in [-0.25, -0.2) is 4.79 Å². The Hall–Kier alpha value is -1.35. The predicted octanol–water partition coefficient (Wildman–Crippen LogP) is 3.91. The molecule has 3 nitrogen and oxygen atoms in total. The first-order valence-corrected chi connectivity index (χ1v) is 7.01. The molecule has 0 aliphatic heterocycles. The van der Waals surface area contributed by atoms with Crippen molar-refractivity contribution < 1.29 is 14.6 Å². The smallest absolute Gasteiger partial charge is 0.293 e. The highest BCUT2D eigenvalue weighted by atomic mass is 17.2. The largest absolute Gasteiger partial charge is 0.373 e. The van der Waals surface area contributed by atoms with Gasteiger partial charge in [-0.1, -0.05) is 32.0 Å². The maximum absolute atomic E-state index is 11.9. The molecule has 1 aliphatic rings. The number of benzene rings is 1. The van der Waals surface area contributed by atoms with E-state index in [0.717, 1.165) is 30.7 Å². The average molecular weight is 262 g/mol. The molecule has 1 saturated carbocycles. The number of carbonyl (C=O) groups is 1. The van der Waals surface area contributed by atoms with Crippen LogP contribution < -0.4 is 0 Å². The lowest BCUT2D eigenvalue weighted by Gasteiger charge is -2.30. The van der Waals surface area contributed by atoms with Gasteiger partial charge in [-0.3, -0.25) is 4.89 Å². The molecule has 2 rings (SSSR count). The summed E-state index contributed by atoms with van der Waals surface area (Å²) >= 11 is 0.